The summed E-state index contributed by atoms with van der Waals surface area (Å²) in [7, 11) is 0. The van der Waals surface area contributed by atoms with Gasteiger partial charge in [-0.2, -0.15) is 0 Å². The Kier molecular flexibility index (Phi) is 8.47. The molecule has 1 fully saturated rings. The summed E-state index contributed by atoms with van der Waals surface area (Å²) in [6.45, 7) is 22.9. The Bertz CT molecular complexity index is 1170. The molecule has 0 aliphatic heterocycles. The van der Waals surface area contributed by atoms with Gasteiger partial charge in [-0.1, -0.05) is 105 Å². The fourth-order valence-electron chi connectivity index (χ4n) is 6.56. The molecule has 1 saturated carbocycles. The summed E-state index contributed by atoms with van der Waals surface area (Å²) in [4.78, 5) is 0. The Morgan fingerprint density at radius 1 is 0.973 bits per heavy atom. The predicted octanol–water partition coefficient (Wildman–Crippen LogP) is 10.9. The van der Waals surface area contributed by atoms with Crippen molar-refractivity contribution < 1.29 is 0 Å². The quantitative estimate of drug-likeness (QED) is 0.332. The van der Waals surface area contributed by atoms with Crippen molar-refractivity contribution in [2.45, 2.75) is 86.5 Å². The van der Waals surface area contributed by atoms with Crippen LogP contribution in [0.4, 0.5) is 0 Å². The zero-order valence-corrected chi connectivity index (χ0v) is 24.3. The van der Waals surface area contributed by atoms with E-state index < -0.39 is 0 Å². The third kappa shape index (κ3) is 6.28. The molecule has 0 heteroatoms. The molecule has 0 spiro atoms. The molecular formula is C37H48. The lowest BCUT2D eigenvalue weighted by Crippen LogP contribution is -2.19. The van der Waals surface area contributed by atoms with E-state index >= 15 is 0 Å². The fourth-order valence-corrected chi connectivity index (χ4v) is 6.56. The first kappa shape index (κ1) is 27.4. The van der Waals surface area contributed by atoms with Crippen LogP contribution in [0.25, 0.3) is 5.57 Å². The Balaban J connectivity index is 1.51. The minimum Gasteiger partial charge on any atom is -0.0950 e. The second kappa shape index (κ2) is 11.4. The van der Waals surface area contributed by atoms with Crippen molar-refractivity contribution in [2.75, 3.05) is 0 Å². The molecule has 0 bridgehead atoms. The molecule has 4 rings (SSSR count). The molecule has 0 N–H and O–H groups in total. The second-order valence-corrected chi connectivity index (χ2v) is 12.8. The van der Waals surface area contributed by atoms with Crippen LogP contribution in [0.3, 0.4) is 0 Å². The largest absolute Gasteiger partial charge is 0.0950 e. The number of hydrogen-bond donors (Lipinski definition) is 0. The van der Waals surface area contributed by atoms with Crippen molar-refractivity contribution in [3.8, 4) is 0 Å². The van der Waals surface area contributed by atoms with Crippen LogP contribution in [0.2, 0.25) is 0 Å². The zero-order chi connectivity index (χ0) is 26.7. The number of rotatable bonds is 7. The van der Waals surface area contributed by atoms with Gasteiger partial charge in [0.05, 0.1) is 0 Å². The van der Waals surface area contributed by atoms with Gasteiger partial charge in [-0.05, 0) is 116 Å². The van der Waals surface area contributed by atoms with Crippen molar-refractivity contribution in [2.24, 2.45) is 23.2 Å². The summed E-state index contributed by atoms with van der Waals surface area (Å²) in [5, 5.41) is 0. The summed E-state index contributed by atoms with van der Waals surface area (Å²) in [6, 6.07) is 8.82. The van der Waals surface area contributed by atoms with Crippen LogP contribution in [0.15, 0.2) is 101 Å². The van der Waals surface area contributed by atoms with Crippen LogP contribution in [0.1, 0.15) is 90.7 Å². The average molecular weight is 493 g/mol. The topological polar surface area (TPSA) is 0 Å². The van der Waals surface area contributed by atoms with Crippen molar-refractivity contribution >= 4 is 5.57 Å². The van der Waals surface area contributed by atoms with Gasteiger partial charge in [-0.25, -0.2) is 0 Å². The van der Waals surface area contributed by atoms with Gasteiger partial charge < -0.3 is 0 Å². The molecule has 196 valence electrons. The van der Waals surface area contributed by atoms with Crippen molar-refractivity contribution in [1.29, 1.82) is 0 Å². The maximum absolute atomic E-state index is 4.74. The third-order valence-corrected chi connectivity index (χ3v) is 8.99. The molecule has 3 aliphatic carbocycles. The summed E-state index contributed by atoms with van der Waals surface area (Å²) in [5.41, 5.74) is 13.1. The van der Waals surface area contributed by atoms with E-state index in [9.17, 15) is 0 Å². The Morgan fingerprint density at radius 3 is 2.24 bits per heavy atom. The smallest absolute Gasteiger partial charge is 0.00786 e. The van der Waals surface area contributed by atoms with Crippen LogP contribution < -0.4 is 0 Å². The molecular weight excluding hydrogens is 444 g/mol. The van der Waals surface area contributed by atoms with Gasteiger partial charge in [-0.3, -0.25) is 0 Å². The zero-order valence-electron chi connectivity index (χ0n) is 24.3. The highest BCUT2D eigenvalue weighted by atomic mass is 14.4. The standard InChI is InChI=1S/C37H48/c1-9-10-11-26(3)30-17-19-32(20-18-30)28(5)34-24-36(37(6,7)8)35-23-29(14-21-33(34)35)22-27(4)31-15-12-25(2)13-16-31/h9-13,15-16,23-24,30,32,36H,4-5,14,17-22H2,1-3,6-8H3/b10-9-,26-11+. The SMILES string of the molecule is C=C(CC1=CC2=C(CC1)C(C(=C)C1CCC(/C(C)=C/C=C\C)CC1)=CC2C(C)(C)C)c1ccc(C)cc1. The molecule has 0 nitrogen and oxygen atoms in total. The summed E-state index contributed by atoms with van der Waals surface area (Å²) in [5.74, 6) is 1.81. The van der Waals surface area contributed by atoms with E-state index in [2.05, 4.69) is 103 Å². The maximum atomic E-state index is 4.74. The fraction of sp³-hybridized carbons (Fsp3) is 0.459. The van der Waals surface area contributed by atoms with E-state index in [-0.39, 0.29) is 5.41 Å². The van der Waals surface area contributed by atoms with Crippen LogP contribution in [0.5, 0.6) is 0 Å². The molecule has 0 radical (unpaired) electrons. The average Bonchev–Trinajstić information content (AvgIpc) is 3.27. The van der Waals surface area contributed by atoms with Crippen molar-refractivity contribution in [3.63, 3.8) is 0 Å². The Hall–Kier alpha value is -2.60. The monoisotopic (exact) mass is 492 g/mol. The van der Waals surface area contributed by atoms with Gasteiger partial charge in [0.15, 0.2) is 0 Å². The lowest BCUT2D eigenvalue weighted by Gasteiger charge is -2.32. The maximum Gasteiger partial charge on any atom is 0.00786 e. The summed E-state index contributed by atoms with van der Waals surface area (Å²) in [6.07, 6.45) is 20.1. The van der Waals surface area contributed by atoms with E-state index in [0.29, 0.717) is 11.8 Å². The van der Waals surface area contributed by atoms with Gasteiger partial charge in [0.2, 0.25) is 0 Å². The Morgan fingerprint density at radius 2 is 1.62 bits per heavy atom. The van der Waals surface area contributed by atoms with E-state index in [0.717, 1.165) is 25.2 Å². The number of benzene rings is 1. The van der Waals surface area contributed by atoms with Crippen molar-refractivity contribution in [1.82, 2.24) is 0 Å². The van der Waals surface area contributed by atoms with E-state index in [1.165, 1.54) is 64.7 Å². The van der Waals surface area contributed by atoms with Gasteiger partial charge in [0.25, 0.3) is 0 Å². The van der Waals surface area contributed by atoms with Crippen molar-refractivity contribution in [3.05, 3.63) is 112 Å². The van der Waals surface area contributed by atoms with Crippen LogP contribution >= 0.6 is 0 Å². The predicted molar refractivity (Wildman–Crippen MR) is 163 cm³/mol. The van der Waals surface area contributed by atoms with Gasteiger partial charge in [-0.15, -0.1) is 0 Å². The summed E-state index contributed by atoms with van der Waals surface area (Å²) < 4.78 is 0. The highest BCUT2D eigenvalue weighted by Gasteiger charge is 2.37. The molecule has 0 amide bonds. The summed E-state index contributed by atoms with van der Waals surface area (Å²) >= 11 is 0. The third-order valence-electron chi connectivity index (χ3n) is 8.99. The minimum atomic E-state index is 0.196. The molecule has 0 saturated heterocycles. The van der Waals surface area contributed by atoms with Crippen LogP contribution in [-0.4, -0.2) is 0 Å². The number of hydrogen-bond acceptors (Lipinski definition) is 0. The minimum absolute atomic E-state index is 0.196. The van der Waals surface area contributed by atoms with Crippen LogP contribution in [-0.2, 0) is 0 Å². The lowest BCUT2D eigenvalue weighted by molar-refractivity contribution is 0.332. The van der Waals surface area contributed by atoms with Gasteiger partial charge >= 0.3 is 0 Å². The number of allylic oxidation sites excluding steroid dienone is 12. The van der Waals surface area contributed by atoms with E-state index in [4.69, 9.17) is 6.58 Å². The molecule has 1 unspecified atom stereocenters. The van der Waals surface area contributed by atoms with Gasteiger partial charge in [0, 0.05) is 5.92 Å². The molecule has 0 aromatic heterocycles. The molecule has 1 aromatic rings. The normalized spacial score (nSPS) is 24.7. The Labute approximate surface area is 227 Å². The molecule has 0 heterocycles. The molecule has 37 heavy (non-hydrogen) atoms. The highest BCUT2D eigenvalue weighted by Crippen LogP contribution is 2.51. The molecule has 3 aliphatic rings. The second-order valence-electron chi connectivity index (χ2n) is 12.8. The highest BCUT2D eigenvalue weighted by molar-refractivity contribution is 5.67. The van der Waals surface area contributed by atoms with Crippen LogP contribution in [0, 0.1) is 30.1 Å². The van der Waals surface area contributed by atoms with Gasteiger partial charge in [0.1, 0.15) is 0 Å². The molecule has 1 atom stereocenters. The first-order valence-electron chi connectivity index (χ1n) is 14.5. The first-order chi connectivity index (χ1) is 17.6. The van der Waals surface area contributed by atoms with E-state index in [1.807, 2.05) is 0 Å². The molecule has 1 aromatic carbocycles. The van der Waals surface area contributed by atoms with E-state index in [1.54, 1.807) is 11.1 Å². The number of aryl methyl sites for hydroxylation is 1. The first-order valence-corrected chi connectivity index (χ1v) is 14.5. The lowest BCUT2D eigenvalue weighted by atomic mass is 9.73.